The Hall–Kier alpha value is -1.67. The molecular formula is C14H11ClN2. The summed E-state index contributed by atoms with van der Waals surface area (Å²) < 4.78 is 0. The van der Waals surface area contributed by atoms with Crippen molar-refractivity contribution in [3.05, 3.63) is 46.5 Å². The lowest BCUT2D eigenvalue weighted by Gasteiger charge is -2.06. The second-order valence-electron chi connectivity index (χ2n) is 4.32. The SMILES string of the molecule is Cc1cc2nnc3cc(Cl)ccc3c2cc1C. The van der Waals surface area contributed by atoms with Crippen molar-refractivity contribution in [1.82, 2.24) is 10.2 Å². The average molecular weight is 243 g/mol. The summed E-state index contributed by atoms with van der Waals surface area (Å²) in [5, 5.41) is 11.4. The lowest BCUT2D eigenvalue weighted by Crippen LogP contribution is -1.90. The van der Waals surface area contributed by atoms with Gasteiger partial charge in [0.15, 0.2) is 0 Å². The Morgan fingerprint density at radius 3 is 2.24 bits per heavy atom. The van der Waals surface area contributed by atoms with Gasteiger partial charge in [0.2, 0.25) is 0 Å². The molecule has 0 amide bonds. The fraction of sp³-hybridized carbons (Fsp3) is 0.143. The third-order valence-corrected chi connectivity index (χ3v) is 3.36. The number of halogens is 1. The van der Waals surface area contributed by atoms with Crippen LogP contribution in [0.4, 0.5) is 0 Å². The Balaban J connectivity index is 2.50. The maximum absolute atomic E-state index is 5.96. The van der Waals surface area contributed by atoms with Gasteiger partial charge in [-0.25, -0.2) is 0 Å². The molecular weight excluding hydrogens is 232 g/mol. The van der Waals surface area contributed by atoms with Crippen molar-refractivity contribution < 1.29 is 0 Å². The molecule has 1 aromatic heterocycles. The second kappa shape index (κ2) is 3.67. The molecule has 2 aromatic carbocycles. The number of rotatable bonds is 0. The molecule has 17 heavy (non-hydrogen) atoms. The van der Waals surface area contributed by atoms with E-state index in [0.29, 0.717) is 5.02 Å². The van der Waals surface area contributed by atoms with E-state index in [-0.39, 0.29) is 0 Å². The third-order valence-electron chi connectivity index (χ3n) is 3.13. The molecule has 0 aliphatic heterocycles. The van der Waals surface area contributed by atoms with Crippen LogP contribution >= 0.6 is 11.6 Å². The van der Waals surface area contributed by atoms with Gasteiger partial charge < -0.3 is 0 Å². The molecule has 0 bridgehead atoms. The fourth-order valence-corrected chi connectivity index (χ4v) is 2.19. The minimum atomic E-state index is 0.690. The molecule has 0 radical (unpaired) electrons. The Morgan fingerprint density at radius 1 is 0.824 bits per heavy atom. The molecule has 2 nitrogen and oxygen atoms in total. The van der Waals surface area contributed by atoms with E-state index in [9.17, 15) is 0 Å². The minimum Gasteiger partial charge on any atom is -0.150 e. The predicted molar refractivity (Wildman–Crippen MR) is 71.5 cm³/mol. The standard InChI is InChI=1S/C14H11ClN2/c1-8-5-12-11-4-3-10(15)7-14(11)17-16-13(12)6-9(8)2/h3-7H,1-2H3. The number of aromatic nitrogens is 2. The van der Waals surface area contributed by atoms with Crippen LogP contribution in [0, 0.1) is 13.8 Å². The van der Waals surface area contributed by atoms with Crippen molar-refractivity contribution in [3.63, 3.8) is 0 Å². The van der Waals surface area contributed by atoms with Gasteiger partial charge in [0, 0.05) is 15.8 Å². The highest BCUT2D eigenvalue weighted by molar-refractivity contribution is 6.31. The summed E-state index contributed by atoms with van der Waals surface area (Å²) >= 11 is 5.96. The topological polar surface area (TPSA) is 25.8 Å². The zero-order valence-electron chi connectivity index (χ0n) is 9.66. The Morgan fingerprint density at radius 2 is 1.47 bits per heavy atom. The van der Waals surface area contributed by atoms with Crippen LogP contribution in [0.5, 0.6) is 0 Å². The smallest absolute Gasteiger partial charge is 0.0950 e. The Labute approximate surface area is 104 Å². The molecule has 0 spiro atoms. The zero-order valence-corrected chi connectivity index (χ0v) is 10.4. The largest absolute Gasteiger partial charge is 0.150 e. The molecule has 1 heterocycles. The van der Waals surface area contributed by atoms with Crippen LogP contribution in [0.25, 0.3) is 21.8 Å². The highest BCUT2D eigenvalue weighted by Gasteiger charge is 2.05. The van der Waals surface area contributed by atoms with Crippen LogP contribution in [-0.2, 0) is 0 Å². The monoisotopic (exact) mass is 242 g/mol. The van der Waals surface area contributed by atoms with E-state index in [1.807, 2.05) is 18.2 Å². The van der Waals surface area contributed by atoms with Crippen LogP contribution in [0.2, 0.25) is 5.02 Å². The van der Waals surface area contributed by atoms with E-state index in [1.165, 1.54) is 11.1 Å². The summed E-state index contributed by atoms with van der Waals surface area (Å²) in [6.45, 7) is 4.19. The van der Waals surface area contributed by atoms with Crippen LogP contribution in [0.1, 0.15) is 11.1 Å². The van der Waals surface area contributed by atoms with E-state index >= 15 is 0 Å². The lowest BCUT2D eigenvalue weighted by atomic mass is 10.0. The zero-order chi connectivity index (χ0) is 12.0. The highest BCUT2D eigenvalue weighted by Crippen LogP contribution is 2.26. The Kier molecular flexibility index (Phi) is 2.26. The summed E-state index contributed by atoms with van der Waals surface area (Å²) in [5.74, 6) is 0. The van der Waals surface area contributed by atoms with E-state index in [1.54, 1.807) is 0 Å². The first-order valence-corrected chi connectivity index (χ1v) is 5.86. The van der Waals surface area contributed by atoms with Crippen molar-refractivity contribution >= 4 is 33.4 Å². The van der Waals surface area contributed by atoms with Gasteiger partial charge in [0.25, 0.3) is 0 Å². The van der Waals surface area contributed by atoms with Crippen molar-refractivity contribution in [1.29, 1.82) is 0 Å². The van der Waals surface area contributed by atoms with Gasteiger partial charge in [-0.2, -0.15) is 0 Å². The minimum absolute atomic E-state index is 0.690. The summed E-state index contributed by atoms with van der Waals surface area (Å²) in [6, 6.07) is 9.98. The van der Waals surface area contributed by atoms with Crippen LogP contribution < -0.4 is 0 Å². The maximum Gasteiger partial charge on any atom is 0.0950 e. The van der Waals surface area contributed by atoms with E-state index < -0.39 is 0 Å². The third kappa shape index (κ3) is 1.65. The van der Waals surface area contributed by atoms with Gasteiger partial charge in [0.1, 0.15) is 0 Å². The predicted octanol–water partition coefficient (Wildman–Crippen LogP) is 4.05. The lowest BCUT2D eigenvalue weighted by molar-refractivity contribution is 1.12. The molecule has 3 heteroatoms. The molecule has 3 aromatic rings. The van der Waals surface area contributed by atoms with Gasteiger partial charge in [-0.3, -0.25) is 0 Å². The highest BCUT2D eigenvalue weighted by atomic mass is 35.5. The van der Waals surface area contributed by atoms with Crippen LogP contribution in [0.15, 0.2) is 30.3 Å². The number of fused-ring (bicyclic) bond motifs is 3. The summed E-state index contributed by atoms with van der Waals surface area (Å²) in [6.07, 6.45) is 0. The van der Waals surface area contributed by atoms with Gasteiger partial charge >= 0.3 is 0 Å². The molecule has 0 unspecified atom stereocenters. The van der Waals surface area contributed by atoms with Gasteiger partial charge in [-0.1, -0.05) is 17.7 Å². The van der Waals surface area contributed by atoms with Crippen molar-refractivity contribution in [2.75, 3.05) is 0 Å². The number of hydrogen-bond donors (Lipinski definition) is 0. The molecule has 0 saturated heterocycles. The second-order valence-corrected chi connectivity index (χ2v) is 4.75. The summed E-state index contributed by atoms with van der Waals surface area (Å²) in [7, 11) is 0. The molecule has 0 N–H and O–H groups in total. The molecule has 0 saturated carbocycles. The number of nitrogens with zero attached hydrogens (tertiary/aromatic N) is 2. The maximum atomic E-state index is 5.96. The molecule has 84 valence electrons. The van der Waals surface area contributed by atoms with Gasteiger partial charge in [0.05, 0.1) is 11.0 Å². The van der Waals surface area contributed by atoms with Gasteiger partial charge in [-0.15, -0.1) is 10.2 Å². The number of benzene rings is 2. The molecule has 0 atom stereocenters. The van der Waals surface area contributed by atoms with Crippen molar-refractivity contribution in [2.24, 2.45) is 0 Å². The molecule has 0 fully saturated rings. The average Bonchev–Trinajstić information content (AvgIpc) is 2.30. The first-order valence-electron chi connectivity index (χ1n) is 5.48. The van der Waals surface area contributed by atoms with Crippen molar-refractivity contribution in [3.8, 4) is 0 Å². The summed E-state index contributed by atoms with van der Waals surface area (Å²) in [4.78, 5) is 0. The van der Waals surface area contributed by atoms with E-state index in [4.69, 9.17) is 11.6 Å². The van der Waals surface area contributed by atoms with Gasteiger partial charge in [-0.05, 0) is 49.2 Å². The van der Waals surface area contributed by atoms with Crippen LogP contribution in [-0.4, -0.2) is 10.2 Å². The molecule has 0 aliphatic carbocycles. The number of hydrogen-bond acceptors (Lipinski definition) is 2. The quantitative estimate of drug-likeness (QED) is 0.556. The first kappa shape index (κ1) is 10.5. The molecule has 3 rings (SSSR count). The van der Waals surface area contributed by atoms with Crippen LogP contribution in [0.3, 0.4) is 0 Å². The molecule has 0 aliphatic rings. The fourth-order valence-electron chi connectivity index (χ4n) is 2.02. The first-order chi connectivity index (χ1) is 8.15. The van der Waals surface area contributed by atoms with E-state index in [0.717, 1.165) is 21.8 Å². The summed E-state index contributed by atoms with van der Waals surface area (Å²) in [5.41, 5.74) is 4.28. The number of aryl methyl sites for hydroxylation is 2. The normalized spacial score (nSPS) is 11.2. The van der Waals surface area contributed by atoms with E-state index in [2.05, 4.69) is 36.2 Å². The van der Waals surface area contributed by atoms with Crippen molar-refractivity contribution in [2.45, 2.75) is 13.8 Å². The Bertz CT molecular complexity index is 735.